The van der Waals surface area contributed by atoms with Gasteiger partial charge in [0.15, 0.2) is 5.78 Å². The molecule has 42 heavy (non-hydrogen) atoms. The fourth-order valence-corrected chi connectivity index (χ4v) is 11.6. The quantitative estimate of drug-likeness (QED) is 0.275. The highest BCUT2D eigenvalue weighted by atomic mass is 19.1. The number of carboxylic acids is 1. The first kappa shape index (κ1) is 29.8. The number of hydrogen-bond acceptors (Lipinski definition) is 3. The maximum atomic E-state index is 14.0. The minimum atomic E-state index is -1.12. The molecule has 0 saturated heterocycles. The van der Waals surface area contributed by atoms with Gasteiger partial charge in [0.05, 0.1) is 6.10 Å². The summed E-state index contributed by atoms with van der Waals surface area (Å²) in [5.41, 5.74) is 0.861. The number of allylic oxidation sites excluding steroid dienone is 3. The fraction of sp³-hybridized carbons (Fsp3) is 0.676. The Morgan fingerprint density at radius 2 is 1.62 bits per heavy atom. The van der Waals surface area contributed by atoms with E-state index in [-0.39, 0.29) is 45.1 Å². The molecule has 0 heterocycles. The minimum absolute atomic E-state index is 0.0585. The van der Waals surface area contributed by atoms with Gasteiger partial charge < -0.3 is 10.2 Å². The first-order valence-corrected chi connectivity index (χ1v) is 16.1. The Morgan fingerprint density at radius 1 is 0.952 bits per heavy atom. The van der Waals surface area contributed by atoms with Gasteiger partial charge in [-0.05, 0) is 120 Å². The lowest BCUT2D eigenvalue weighted by molar-refractivity contribution is -0.197. The number of rotatable bonds is 2. The van der Waals surface area contributed by atoms with Crippen molar-refractivity contribution in [1.82, 2.24) is 0 Å². The van der Waals surface area contributed by atoms with E-state index in [9.17, 15) is 24.2 Å². The van der Waals surface area contributed by atoms with E-state index in [0.717, 1.165) is 43.2 Å². The van der Waals surface area contributed by atoms with Gasteiger partial charge in [0.25, 0.3) is 0 Å². The summed E-state index contributed by atoms with van der Waals surface area (Å²) in [7, 11) is 0. The highest BCUT2D eigenvalue weighted by Gasteiger charge is 2.71. The van der Waals surface area contributed by atoms with Gasteiger partial charge in [0, 0.05) is 5.41 Å². The van der Waals surface area contributed by atoms with E-state index in [1.165, 1.54) is 17.7 Å². The van der Waals surface area contributed by atoms with Gasteiger partial charge in [0.2, 0.25) is 0 Å². The Labute approximate surface area is 250 Å². The van der Waals surface area contributed by atoms with Crippen LogP contribution in [0.2, 0.25) is 0 Å². The van der Waals surface area contributed by atoms with Crippen LogP contribution < -0.4 is 0 Å². The Morgan fingerprint density at radius 3 is 2.26 bits per heavy atom. The molecular formula is C37H49FO4. The first-order chi connectivity index (χ1) is 19.4. The van der Waals surface area contributed by atoms with Gasteiger partial charge >= 0.3 is 5.97 Å². The summed E-state index contributed by atoms with van der Waals surface area (Å²) in [6.45, 7) is 15.8. The van der Waals surface area contributed by atoms with Crippen molar-refractivity contribution < 1.29 is 24.2 Å². The number of Topliss-reactive ketones (excluding diaryl/α,β-unsaturated/α-hetero) is 1. The van der Waals surface area contributed by atoms with E-state index in [2.05, 4.69) is 54.5 Å². The van der Waals surface area contributed by atoms with Crippen molar-refractivity contribution in [2.45, 2.75) is 106 Å². The third-order valence-corrected chi connectivity index (χ3v) is 13.8. The standard InChI is InChI=1S/C37H49FO4/c1-32(2)20-26-25-12-13-28-34(5)19-23(18-22-8-10-24(38)11-9-22)30(40)33(3,4)27(34)14-15-36(28,7)35(25,6)16-17-37(26,31(41)42)29(39)21-32/h8-12,18,26-29,39H,13-17,19-21H2,1-7H3,(H,41,42)/b23-18+/t26-,27-,28+,29+,34-,35+,36+,37-/m0/s1. The maximum Gasteiger partial charge on any atom is 0.312 e. The molecule has 4 nitrogen and oxygen atoms in total. The molecule has 5 aliphatic carbocycles. The Balaban J connectivity index is 1.45. The number of halogens is 1. The summed E-state index contributed by atoms with van der Waals surface area (Å²) in [5.74, 6) is -0.511. The molecular weight excluding hydrogens is 527 g/mol. The van der Waals surface area contributed by atoms with Crippen molar-refractivity contribution in [1.29, 1.82) is 0 Å². The molecule has 5 heteroatoms. The summed E-state index contributed by atoms with van der Waals surface area (Å²) in [6, 6.07) is 6.39. The predicted molar refractivity (Wildman–Crippen MR) is 163 cm³/mol. The van der Waals surface area contributed by atoms with Crippen LogP contribution in [-0.4, -0.2) is 28.1 Å². The van der Waals surface area contributed by atoms with E-state index >= 15 is 0 Å². The molecule has 0 aromatic heterocycles. The summed E-state index contributed by atoms with van der Waals surface area (Å²) < 4.78 is 13.6. The van der Waals surface area contributed by atoms with Gasteiger partial charge in [-0.15, -0.1) is 0 Å². The number of hydrogen-bond donors (Lipinski definition) is 2. The van der Waals surface area contributed by atoms with E-state index in [4.69, 9.17) is 0 Å². The number of benzene rings is 1. The van der Waals surface area contributed by atoms with Gasteiger partial charge in [-0.1, -0.05) is 72.2 Å². The minimum Gasteiger partial charge on any atom is -0.481 e. The second-order valence-electron chi connectivity index (χ2n) is 16.7. The number of aliphatic hydroxyl groups is 1. The van der Waals surface area contributed by atoms with Crippen LogP contribution in [0.15, 0.2) is 41.5 Å². The SMILES string of the molecule is CC1(C)C[C@@H](O)[C@]2(C(=O)O)CC[C@]3(C)C(=CC[C@@H]4[C@@]5(C)C/C(=C\c6ccc(F)cc6)C(=O)C(C)(C)[C@@H]5CC[C@]43C)[C@@H]2C1. The lowest BCUT2D eigenvalue weighted by atomic mass is 9.33. The number of ketones is 1. The number of fused-ring (bicyclic) bond motifs is 7. The van der Waals surface area contributed by atoms with Crippen molar-refractivity contribution in [3.63, 3.8) is 0 Å². The van der Waals surface area contributed by atoms with Gasteiger partial charge in [-0.3, -0.25) is 9.59 Å². The summed E-state index contributed by atoms with van der Waals surface area (Å²) in [5, 5.41) is 22.0. The smallest absolute Gasteiger partial charge is 0.312 e. The summed E-state index contributed by atoms with van der Waals surface area (Å²) in [4.78, 5) is 26.9. The number of carbonyl (C=O) groups is 2. The lowest BCUT2D eigenvalue weighted by Crippen LogP contribution is -2.66. The van der Waals surface area contributed by atoms with Crippen LogP contribution >= 0.6 is 0 Å². The highest BCUT2D eigenvalue weighted by Crippen LogP contribution is 2.75. The molecule has 1 aromatic carbocycles. The molecule has 228 valence electrons. The average molecular weight is 577 g/mol. The van der Waals surface area contributed by atoms with Crippen LogP contribution in [0.4, 0.5) is 4.39 Å². The van der Waals surface area contributed by atoms with Crippen molar-refractivity contribution in [2.75, 3.05) is 0 Å². The molecule has 2 N–H and O–H groups in total. The van der Waals surface area contributed by atoms with Crippen LogP contribution in [-0.2, 0) is 9.59 Å². The topological polar surface area (TPSA) is 74.6 Å². The first-order valence-electron chi connectivity index (χ1n) is 16.1. The maximum absolute atomic E-state index is 14.0. The number of carbonyl (C=O) groups excluding carboxylic acids is 1. The van der Waals surface area contributed by atoms with Gasteiger partial charge in [-0.2, -0.15) is 0 Å². The normalized spacial score (nSPS) is 44.7. The summed E-state index contributed by atoms with van der Waals surface area (Å²) in [6.07, 6.45) is 9.63. The molecule has 0 bridgehead atoms. The van der Waals surface area contributed by atoms with E-state index in [0.29, 0.717) is 25.2 Å². The third kappa shape index (κ3) is 3.80. The van der Waals surface area contributed by atoms with E-state index in [1.807, 2.05) is 6.08 Å². The number of aliphatic hydroxyl groups excluding tert-OH is 1. The highest BCUT2D eigenvalue weighted by molar-refractivity contribution is 6.04. The molecule has 5 aliphatic rings. The number of carboxylic acid groups (broad SMARTS) is 1. The molecule has 0 spiro atoms. The summed E-state index contributed by atoms with van der Waals surface area (Å²) >= 11 is 0. The van der Waals surface area contributed by atoms with E-state index in [1.54, 1.807) is 12.1 Å². The molecule has 4 saturated carbocycles. The van der Waals surface area contributed by atoms with Crippen LogP contribution in [0.1, 0.15) is 105 Å². The van der Waals surface area contributed by atoms with Gasteiger partial charge in [0.1, 0.15) is 11.2 Å². The van der Waals surface area contributed by atoms with Crippen LogP contribution in [0.25, 0.3) is 6.08 Å². The third-order valence-electron chi connectivity index (χ3n) is 13.8. The van der Waals surface area contributed by atoms with Crippen molar-refractivity contribution in [3.8, 4) is 0 Å². The molecule has 0 unspecified atom stereocenters. The van der Waals surface area contributed by atoms with Crippen LogP contribution in [0, 0.1) is 56.1 Å². The molecule has 6 rings (SSSR count). The molecule has 0 aliphatic heterocycles. The van der Waals surface area contributed by atoms with Gasteiger partial charge in [-0.25, -0.2) is 4.39 Å². The molecule has 0 amide bonds. The average Bonchev–Trinajstić information content (AvgIpc) is 2.88. The Kier molecular flexibility index (Phi) is 6.47. The second-order valence-corrected chi connectivity index (χ2v) is 16.7. The molecule has 1 aromatic rings. The second kappa shape index (κ2) is 9.13. The van der Waals surface area contributed by atoms with E-state index < -0.39 is 22.9 Å². The monoisotopic (exact) mass is 576 g/mol. The Bertz CT molecular complexity index is 1390. The predicted octanol–water partition coefficient (Wildman–Crippen LogP) is 8.25. The zero-order chi connectivity index (χ0) is 30.7. The van der Waals surface area contributed by atoms with Crippen LogP contribution in [0.5, 0.6) is 0 Å². The zero-order valence-electron chi connectivity index (χ0n) is 26.5. The number of aliphatic carboxylic acids is 1. The molecule has 8 atom stereocenters. The van der Waals surface area contributed by atoms with Crippen molar-refractivity contribution in [2.24, 2.45) is 50.2 Å². The molecule has 0 radical (unpaired) electrons. The lowest BCUT2D eigenvalue weighted by Gasteiger charge is -2.70. The zero-order valence-corrected chi connectivity index (χ0v) is 26.5. The van der Waals surface area contributed by atoms with Crippen molar-refractivity contribution >= 4 is 17.8 Å². The Hall–Kier alpha value is -2.27. The van der Waals surface area contributed by atoms with Crippen LogP contribution in [0.3, 0.4) is 0 Å². The fourth-order valence-electron chi connectivity index (χ4n) is 11.6. The molecule has 4 fully saturated rings. The largest absolute Gasteiger partial charge is 0.481 e. The van der Waals surface area contributed by atoms with Crippen molar-refractivity contribution in [3.05, 3.63) is 52.9 Å².